The molecular weight excluding hydrogens is 437 g/mol. The van der Waals surface area contributed by atoms with Crippen molar-refractivity contribution < 1.29 is 9.59 Å². The summed E-state index contributed by atoms with van der Waals surface area (Å²) in [5, 5.41) is 2.96. The first-order valence-corrected chi connectivity index (χ1v) is 13.7. The summed E-state index contributed by atoms with van der Waals surface area (Å²) < 4.78 is 1.49. The highest BCUT2D eigenvalue weighted by atomic mass is 16.2. The number of benzene rings is 1. The Morgan fingerprint density at radius 2 is 1.46 bits per heavy atom. The SMILES string of the molecule is Cc1nc2cccc([B]C3CCCCCCCCCCCCC3)c2c(=O)n1[C@H]1CCC(=O)NC1=O. The third-order valence-corrected chi connectivity index (χ3v) is 7.73. The van der Waals surface area contributed by atoms with Gasteiger partial charge in [-0.1, -0.05) is 107 Å². The normalized spacial score (nSPS) is 21.9. The van der Waals surface area contributed by atoms with Gasteiger partial charge in [-0.15, -0.1) is 0 Å². The van der Waals surface area contributed by atoms with Crippen molar-refractivity contribution in [2.24, 2.45) is 0 Å². The number of hydrogen-bond donors (Lipinski definition) is 1. The van der Waals surface area contributed by atoms with Crippen LogP contribution in [0.2, 0.25) is 5.82 Å². The van der Waals surface area contributed by atoms with Crippen molar-refractivity contribution in [2.45, 2.75) is 115 Å². The van der Waals surface area contributed by atoms with Gasteiger partial charge < -0.3 is 0 Å². The molecule has 1 aromatic heterocycles. The molecular formula is C28H39BN3O3. The fourth-order valence-corrected chi connectivity index (χ4v) is 5.78. The number of imide groups is 1. The Morgan fingerprint density at radius 1 is 0.857 bits per heavy atom. The maximum absolute atomic E-state index is 13.8. The van der Waals surface area contributed by atoms with Gasteiger partial charge in [0.1, 0.15) is 11.9 Å². The maximum Gasteiger partial charge on any atom is 0.261 e. The summed E-state index contributed by atoms with van der Waals surface area (Å²) in [5.41, 5.74) is 1.41. The highest BCUT2D eigenvalue weighted by Gasteiger charge is 2.31. The Hall–Kier alpha value is -2.44. The van der Waals surface area contributed by atoms with Gasteiger partial charge in [0, 0.05) is 6.42 Å². The second kappa shape index (κ2) is 12.5. The van der Waals surface area contributed by atoms with Crippen LogP contribution in [0.5, 0.6) is 0 Å². The molecule has 2 heterocycles. The Balaban J connectivity index is 1.59. The lowest BCUT2D eigenvalue weighted by Crippen LogP contribution is -2.45. The molecule has 7 heteroatoms. The zero-order valence-corrected chi connectivity index (χ0v) is 21.2. The zero-order valence-electron chi connectivity index (χ0n) is 21.2. The third kappa shape index (κ3) is 6.62. The molecule has 0 bridgehead atoms. The van der Waals surface area contributed by atoms with Gasteiger partial charge in [0.05, 0.1) is 10.9 Å². The summed E-state index contributed by atoms with van der Waals surface area (Å²) in [6, 6.07) is 5.17. The van der Waals surface area contributed by atoms with Crippen LogP contribution in [0.1, 0.15) is 108 Å². The standard InChI is InChI=1S/C28H39BN3O3/c1-20-30-23-17-13-16-22(26(23)28(35)32(20)24-18-19-25(33)31-27(24)34)29-21-14-11-9-7-5-3-2-4-6-8-10-12-15-21/h13,16-17,21,24H,2-12,14-15,18-19H2,1H3,(H,31,33,34)/t24-/m0/s1. The molecule has 2 aromatic rings. The van der Waals surface area contributed by atoms with E-state index in [4.69, 9.17) is 4.98 Å². The largest absolute Gasteiger partial charge is 0.295 e. The van der Waals surface area contributed by atoms with Crippen LogP contribution in [-0.2, 0) is 9.59 Å². The molecule has 1 aromatic carbocycles. The number of nitrogens with zero attached hydrogens (tertiary/aromatic N) is 2. The average Bonchev–Trinajstić information content (AvgIpc) is 2.82. The van der Waals surface area contributed by atoms with Gasteiger partial charge >= 0.3 is 0 Å². The van der Waals surface area contributed by atoms with Crippen LogP contribution in [0, 0.1) is 6.92 Å². The molecule has 2 amide bonds. The number of rotatable bonds is 3. The number of hydrogen-bond acceptors (Lipinski definition) is 4. The second-order valence-electron chi connectivity index (χ2n) is 10.4. The summed E-state index contributed by atoms with van der Waals surface area (Å²) in [5.74, 6) is 0.245. The first kappa shape index (κ1) is 25.7. The molecule has 6 nitrogen and oxygen atoms in total. The molecule has 35 heavy (non-hydrogen) atoms. The van der Waals surface area contributed by atoms with Crippen molar-refractivity contribution in [1.82, 2.24) is 14.9 Å². The number of piperidine rings is 1. The van der Waals surface area contributed by atoms with E-state index in [2.05, 4.69) is 12.6 Å². The third-order valence-electron chi connectivity index (χ3n) is 7.73. The Bertz CT molecular complexity index is 1080. The topological polar surface area (TPSA) is 81.1 Å². The van der Waals surface area contributed by atoms with E-state index in [9.17, 15) is 14.4 Å². The van der Waals surface area contributed by atoms with E-state index < -0.39 is 11.9 Å². The Labute approximate surface area is 209 Å². The number of carbonyl (C=O) groups is 2. The molecule has 1 atom stereocenters. The first-order chi connectivity index (χ1) is 17.0. The van der Waals surface area contributed by atoms with Gasteiger partial charge in [-0.3, -0.25) is 24.3 Å². The van der Waals surface area contributed by atoms with Crippen LogP contribution < -0.4 is 16.3 Å². The number of carbonyl (C=O) groups excluding carboxylic acids is 2. The van der Waals surface area contributed by atoms with Gasteiger partial charge in [-0.05, 0) is 19.4 Å². The highest BCUT2D eigenvalue weighted by molar-refractivity contribution is 6.58. The summed E-state index contributed by atoms with van der Waals surface area (Å²) in [6.45, 7) is 1.76. The van der Waals surface area contributed by atoms with Crippen molar-refractivity contribution in [3.63, 3.8) is 0 Å². The zero-order chi connectivity index (χ0) is 24.6. The van der Waals surface area contributed by atoms with Crippen molar-refractivity contribution in [3.8, 4) is 0 Å². The van der Waals surface area contributed by atoms with Crippen LogP contribution in [0.25, 0.3) is 10.9 Å². The van der Waals surface area contributed by atoms with Gasteiger partial charge in [0.2, 0.25) is 11.8 Å². The lowest BCUT2D eigenvalue weighted by Gasteiger charge is -2.25. The number of nitrogens with one attached hydrogen (secondary N) is 1. The molecule has 1 N–H and O–H groups in total. The Morgan fingerprint density at radius 3 is 2.06 bits per heavy atom. The van der Waals surface area contributed by atoms with E-state index in [1.165, 1.54) is 75.2 Å². The molecule has 1 aliphatic heterocycles. The number of amides is 2. The maximum atomic E-state index is 13.8. The average molecular weight is 476 g/mol. The van der Waals surface area contributed by atoms with Crippen LogP contribution in [0.15, 0.2) is 23.0 Å². The molecule has 2 fully saturated rings. The fraction of sp³-hybridized carbons (Fsp3) is 0.643. The molecule has 0 unspecified atom stereocenters. The summed E-state index contributed by atoms with van der Waals surface area (Å²) >= 11 is 0. The monoisotopic (exact) mass is 476 g/mol. The van der Waals surface area contributed by atoms with Gasteiger partial charge in [-0.2, -0.15) is 0 Å². The number of fused-ring (bicyclic) bond motifs is 1. The second-order valence-corrected chi connectivity index (χ2v) is 10.4. The van der Waals surface area contributed by atoms with E-state index in [1.54, 1.807) is 6.92 Å². The smallest absolute Gasteiger partial charge is 0.261 e. The highest BCUT2D eigenvalue weighted by Crippen LogP contribution is 2.25. The predicted octanol–water partition coefficient (Wildman–Crippen LogP) is 4.89. The molecule has 1 saturated heterocycles. The molecule has 1 radical (unpaired) electrons. The van der Waals surface area contributed by atoms with Crippen LogP contribution in [-0.4, -0.2) is 28.6 Å². The van der Waals surface area contributed by atoms with E-state index in [0.717, 1.165) is 18.3 Å². The Kier molecular flexibility index (Phi) is 9.16. The van der Waals surface area contributed by atoms with Gasteiger partial charge in [0.15, 0.2) is 7.28 Å². The van der Waals surface area contributed by atoms with E-state index in [0.29, 0.717) is 29.0 Å². The minimum absolute atomic E-state index is 0.185. The molecule has 0 spiro atoms. The molecule has 1 aliphatic carbocycles. The van der Waals surface area contributed by atoms with Gasteiger partial charge in [-0.25, -0.2) is 4.98 Å². The predicted molar refractivity (Wildman–Crippen MR) is 141 cm³/mol. The minimum Gasteiger partial charge on any atom is -0.295 e. The molecule has 187 valence electrons. The van der Waals surface area contributed by atoms with Crippen LogP contribution >= 0.6 is 0 Å². The van der Waals surface area contributed by atoms with Crippen LogP contribution in [0.3, 0.4) is 0 Å². The van der Waals surface area contributed by atoms with Crippen molar-refractivity contribution >= 4 is 35.5 Å². The molecule has 1 saturated carbocycles. The lowest BCUT2D eigenvalue weighted by molar-refractivity contribution is -0.135. The summed E-state index contributed by atoms with van der Waals surface area (Å²) in [7, 11) is 2.29. The van der Waals surface area contributed by atoms with E-state index in [-0.39, 0.29) is 17.9 Å². The lowest BCUT2D eigenvalue weighted by atomic mass is 9.55. The quantitative estimate of drug-likeness (QED) is 0.506. The van der Waals surface area contributed by atoms with Crippen LogP contribution in [0.4, 0.5) is 0 Å². The van der Waals surface area contributed by atoms with E-state index in [1.807, 2.05) is 18.2 Å². The molecule has 4 rings (SSSR count). The van der Waals surface area contributed by atoms with Crippen molar-refractivity contribution in [1.29, 1.82) is 0 Å². The van der Waals surface area contributed by atoms with E-state index >= 15 is 0 Å². The summed E-state index contributed by atoms with van der Waals surface area (Å²) in [6.07, 6.45) is 17.3. The minimum atomic E-state index is -0.695. The van der Waals surface area contributed by atoms with Crippen molar-refractivity contribution in [3.05, 3.63) is 34.4 Å². The molecule has 2 aliphatic rings. The number of aromatic nitrogens is 2. The van der Waals surface area contributed by atoms with Gasteiger partial charge in [0.25, 0.3) is 5.56 Å². The van der Waals surface area contributed by atoms with Crippen molar-refractivity contribution in [2.75, 3.05) is 0 Å². The fourth-order valence-electron chi connectivity index (χ4n) is 5.78. The number of aryl methyl sites for hydroxylation is 1. The summed E-state index contributed by atoms with van der Waals surface area (Å²) in [4.78, 5) is 42.6. The first-order valence-electron chi connectivity index (χ1n) is 13.7.